The Kier molecular flexibility index (Phi) is 2.87. The highest BCUT2D eigenvalue weighted by molar-refractivity contribution is 5.87. The molecular formula is C14H10F2N2O. The van der Waals surface area contributed by atoms with Crippen molar-refractivity contribution in [3.05, 3.63) is 60.0 Å². The van der Waals surface area contributed by atoms with E-state index in [9.17, 15) is 8.78 Å². The van der Waals surface area contributed by atoms with Gasteiger partial charge in [-0.15, -0.1) is 0 Å². The summed E-state index contributed by atoms with van der Waals surface area (Å²) < 4.78 is 31.5. The minimum atomic E-state index is -0.587. The molecule has 19 heavy (non-hydrogen) atoms. The maximum absolute atomic E-state index is 13.5. The van der Waals surface area contributed by atoms with Crippen LogP contribution in [0.3, 0.4) is 0 Å². The van der Waals surface area contributed by atoms with Gasteiger partial charge in [0.1, 0.15) is 23.0 Å². The zero-order chi connectivity index (χ0) is 13.2. The van der Waals surface area contributed by atoms with Crippen LogP contribution in [0.1, 0.15) is 5.56 Å². The second kappa shape index (κ2) is 4.68. The van der Waals surface area contributed by atoms with Crippen molar-refractivity contribution in [3.8, 4) is 0 Å². The number of pyridine rings is 1. The lowest BCUT2D eigenvalue weighted by atomic mass is 10.2. The van der Waals surface area contributed by atoms with Crippen LogP contribution in [0.15, 0.2) is 47.2 Å². The number of rotatable bonds is 3. The highest BCUT2D eigenvalue weighted by Crippen LogP contribution is 2.22. The number of hydrogen-bond acceptors (Lipinski definition) is 3. The molecule has 2 heterocycles. The van der Waals surface area contributed by atoms with Crippen molar-refractivity contribution in [3.63, 3.8) is 0 Å². The van der Waals surface area contributed by atoms with E-state index in [1.807, 2.05) is 0 Å². The Balaban J connectivity index is 1.84. The first-order valence-electron chi connectivity index (χ1n) is 5.74. The highest BCUT2D eigenvalue weighted by atomic mass is 19.1. The number of fused-ring (bicyclic) bond motifs is 1. The van der Waals surface area contributed by atoms with E-state index in [1.54, 1.807) is 24.6 Å². The van der Waals surface area contributed by atoms with E-state index in [1.165, 1.54) is 12.1 Å². The summed E-state index contributed by atoms with van der Waals surface area (Å²) >= 11 is 0. The summed E-state index contributed by atoms with van der Waals surface area (Å²) in [6.45, 7) is 0.226. The lowest BCUT2D eigenvalue weighted by molar-refractivity contribution is 0.574. The summed E-state index contributed by atoms with van der Waals surface area (Å²) in [6.07, 6.45) is 3.17. The number of anilines is 1. The highest BCUT2D eigenvalue weighted by Gasteiger charge is 2.07. The molecule has 0 radical (unpaired) electrons. The normalized spacial score (nSPS) is 10.8. The smallest absolute Gasteiger partial charge is 0.139 e. The molecule has 0 amide bonds. The minimum Gasteiger partial charge on any atom is -0.464 e. The average Bonchev–Trinajstić information content (AvgIpc) is 2.86. The van der Waals surface area contributed by atoms with Gasteiger partial charge in [0.15, 0.2) is 0 Å². The van der Waals surface area contributed by atoms with Crippen LogP contribution in [0.25, 0.3) is 11.0 Å². The Morgan fingerprint density at radius 1 is 1.16 bits per heavy atom. The maximum atomic E-state index is 13.5. The molecule has 3 aromatic rings. The number of nitrogens with one attached hydrogen (secondary N) is 1. The van der Waals surface area contributed by atoms with Crippen LogP contribution in [-0.2, 0) is 6.54 Å². The van der Waals surface area contributed by atoms with Crippen LogP contribution in [0.2, 0.25) is 0 Å². The molecule has 3 nitrogen and oxygen atoms in total. The predicted molar refractivity (Wildman–Crippen MR) is 67.7 cm³/mol. The standard InChI is InChI=1S/C14H10F2N2O/c15-10-2-1-9(12(16)7-10)8-18-14-11-4-6-19-13(11)3-5-17-14/h1-7H,8H2,(H,17,18). The van der Waals surface area contributed by atoms with Crippen LogP contribution in [0, 0.1) is 11.6 Å². The van der Waals surface area contributed by atoms with Crippen LogP contribution < -0.4 is 5.32 Å². The third-order valence-electron chi connectivity index (χ3n) is 2.84. The predicted octanol–water partition coefficient (Wildman–Crippen LogP) is 3.72. The van der Waals surface area contributed by atoms with Crippen LogP contribution in [0.5, 0.6) is 0 Å². The number of halogens is 2. The van der Waals surface area contributed by atoms with Gasteiger partial charge in [-0.25, -0.2) is 13.8 Å². The van der Waals surface area contributed by atoms with E-state index in [-0.39, 0.29) is 6.54 Å². The molecule has 1 aromatic carbocycles. The van der Waals surface area contributed by atoms with Gasteiger partial charge in [-0.3, -0.25) is 0 Å². The summed E-state index contributed by atoms with van der Waals surface area (Å²) in [5.74, 6) is -0.557. The van der Waals surface area contributed by atoms with Gasteiger partial charge in [0, 0.05) is 24.4 Å². The molecule has 5 heteroatoms. The van der Waals surface area contributed by atoms with E-state index in [0.29, 0.717) is 17.0 Å². The second-order valence-electron chi connectivity index (χ2n) is 4.08. The van der Waals surface area contributed by atoms with Crippen molar-refractivity contribution < 1.29 is 13.2 Å². The molecule has 0 aliphatic heterocycles. The molecular weight excluding hydrogens is 250 g/mol. The molecule has 0 aliphatic carbocycles. The zero-order valence-electron chi connectivity index (χ0n) is 9.86. The quantitative estimate of drug-likeness (QED) is 0.780. The van der Waals surface area contributed by atoms with Crippen molar-refractivity contribution in [1.29, 1.82) is 0 Å². The molecule has 2 aromatic heterocycles. The van der Waals surface area contributed by atoms with Gasteiger partial charge in [-0.1, -0.05) is 6.07 Å². The van der Waals surface area contributed by atoms with E-state index < -0.39 is 11.6 Å². The van der Waals surface area contributed by atoms with E-state index >= 15 is 0 Å². The van der Waals surface area contributed by atoms with E-state index in [4.69, 9.17) is 4.42 Å². The SMILES string of the molecule is Fc1ccc(CNc2nccc3occc23)c(F)c1. The fraction of sp³-hybridized carbons (Fsp3) is 0.0714. The first kappa shape index (κ1) is 11.6. The van der Waals surface area contributed by atoms with Gasteiger partial charge < -0.3 is 9.73 Å². The van der Waals surface area contributed by atoms with Crippen molar-refractivity contribution in [2.75, 3.05) is 5.32 Å². The third-order valence-corrected chi connectivity index (χ3v) is 2.84. The molecule has 3 rings (SSSR count). The van der Waals surface area contributed by atoms with Crippen molar-refractivity contribution in [2.24, 2.45) is 0 Å². The molecule has 0 saturated carbocycles. The molecule has 0 saturated heterocycles. The molecule has 0 spiro atoms. The molecule has 0 unspecified atom stereocenters. The van der Waals surface area contributed by atoms with Crippen LogP contribution >= 0.6 is 0 Å². The number of nitrogens with zero attached hydrogens (tertiary/aromatic N) is 1. The number of aromatic nitrogens is 1. The molecule has 0 aliphatic rings. The van der Waals surface area contributed by atoms with Crippen molar-refractivity contribution in [2.45, 2.75) is 6.54 Å². The fourth-order valence-electron chi connectivity index (χ4n) is 1.88. The minimum absolute atomic E-state index is 0.226. The van der Waals surface area contributed by atoms with Gasteiger partial charge >= 0.3 is 0 Å². The first-order chi connectivity index (χ1) is 9.24. The summed E-state index contributed by atoms with van der Waals surface area (Å²) in [4.78, 5) is 4.17. The van der Waals surface area contributed by atoms with Gasteiger partial charge in [0.05, 0.1) is 11.6 Å². The maximum Gasteiger partial charge on any atom is 0.139 e. The monoisotopic (exact) mass is 260 g/mol. The lowest BCUT2D eigenvalue weighted by Crippen LogP contribution is -2.03. The van der Waals surface area contributed by atoms with Gasteiger partial charge in [0.2, 0.25) is 0 Å². The molecule has 0 atom stereocenters. The summed E-state index contributed by atoms with van der Waals surface area (Å²) in [7, 11) is 0. The lowest BCUT2D eigenvalue weighted by Gasteiger charge is -2.07. The molecule has 1 N–H and O–H groups in total. The summed E-state index contributed by atoms with van der Waals surface area (Å²) in [5.41, 5.74) is 1.08. The molecule has 0 fully saturated rings. The van der Waals surface area contributed by atoms with Crippen molar-refractivity contribution >= 4 is 16.8 Å². The Labute approximate surface area is 107 Å². The third kappa shape index (κ3) is 2.27. The summed E-state index contributed by atoms with van der Waals surface area (Å²) in [6, 6.07) is 7.03. The van der Waals surface area contributed by atoms with Crippen LogP contribution in [-0.4, -0.2) is 4.98 Å². The zero-order valence-corrected chi connectivity index (χ0v) is 9.86. The Hall–Kier alpha value is -2.43. The largest absolute Gasteiger partial charge is 0.464 e. The average molecular weight is 260 g/mol. The van der Waals surface area contributed by atoms with E-state index in [2.05, 4.69) is 10.3 Å². The van der Waals surface area contributed by atoms with Crippen LogP contribution in [0.4, 0.5) is 14.6 Å². The number of benzene rings is 1. The topological polar surface area (TPSA) is 38.1 Å². The Morgan fingerprint density at radius 2 is 2.05 bits per heavy atom. The fourth-order valence-corrected chi connectivity index (χ4v) is 1.88. The van der Waals surface area contributed by atoms with Gasteiger partial charge in [-0.2, -0.15) is 0 Å². The second-order valence-corrected chi connectivity index (χ2v) is 4.08. The Bertz CT molecular complexity index is 724. The summed E-state index contributed by atoms with van der Waals surface area (Å²) in [5, 5.41) is 3.84. The number of hydrogen-bond donors (Lipinski definition) is 1. The van der Waals surface area contributed by atoms with Gasteiger partial charge in [0.25, 0.3) is 0 Å². The van der Waals surface area contributed by atoms with Gasteiger partial charge in [-0.05, 0) is 18.2 Å². The number of furan rings is 1. The first-order valence-corrected chi connectivity index (χ1v) is 5.74. The van der Waals surface area contributed by atoms with Crippen molar-refractivity contribution in [1.82, 2.24) is 4.98 Å². The van der Waals surface area contributed by atoms with E-state index in [0.717, 1.165) is 11.5 Å². The molecule has 0 bridgehead atoms. The Morgan fingerprint density at radius 3 is 2.89 bits per heavy atom. The molecule has 96 valence electrons.